The van der Waals surface area contributed by atoms with Crippen LogP contribution in [0.25, 0.3) is 5.69 Å². The van der Waals surface area contributed by atoms with Gasteiger partial charge in [-0.15, -0.1) is 5.10 Å². The molecule has 7 heteroatoms. The van der Waals surface area contributed by atoms with Crippen LogP contribution in [-0.2, 0) is 4.74 Å². The van der Waals surface area contributed by atoms with Crippen LogP contribution in [0.15, 0.2) is 30.3 Å². The normalized spacial score (nSPS) is 17.4. The SMILES string of the molecule is Cc1c(O[C@H]2CCN(C(=O)OC(C)(C)C)C2)nn(-c2ccccc2)c1N. The Morgan fingerprint density at radius 1 is 1.27 bits per heavy atom. The number of anilines is 1. The van der Waals surface area contributed by atoms with Crippen molar-refractivity contribution >= 4 is 11.9 Å². The van der Waals surface area contributed by atoms with Crippen molar-refractivity contribution in [3.05, 3.63) is 35.9 Å². The number of carbonyl (C=O) groups excluding carboxylic acids is 1. The molecule has 0 aliphatic carbocycles. The monoisotopic (exact) mass is 358 g/mol. The molecule has 26 heavy (non-hydrogen) atoms. The summed E-state index contributed by atoms with van der Waals surface area (Å²) >= 11 is 0. The first kappa shape index (κ1) is 18.1. The van der Waals surface area contributed by atoms with E-state index in [1.807, 2.05) is 58.0 Å². The van der Waals surface area contributed by atoms with E-state index in [1.165, 1.54) is 0 Å². The second kappa shape index (κ2) is 6.90. The Bertz CT molecular complexity index is 780. The summed E-state index contributed by atoms with van der Waals surface area (Å²) in [5.41, 5.74) is 7.36. The minimum atomic E-state index is -0.504. The number of nitrogens with two attached hydrogens (primary N) is 1. The summed E-state index contributed by atoms with van der Waals surface area (Å²) in [6.07, 6.45) is 0.297. The Labute approximate surface area is 153 Å². The standard InChI is InChI=1S/C19H26N4O3/c1-13-16(20)23(14-8-6-5-7-9-14)21-17(13)25-15-10-11-22(12-15)18(24)26-19(2,3)4/h5-9,15H,10-12,20H2,1-4H3/t15-/m0/s1. The van der Waals surface area contributed by atoms with Gasteiger partial charge in [0, 0.05) is 13.0 Å². The second-order valence-corrected chi connectivity index (χ2v) is 7.52. The van der Waals surface area contributed by atoms with Gasteiger partial charge in [-0.05, 0) is 39.8 Å². The zero-order chi connectivity index (χ0) is 18.9. The Morgan fingerprint density at radius 3 is 2.62 bits per heavy atom. The minimum Gasteiger partial charge on any atom is -0.471 e. The van der Waals surface area contributed by atoms with Gasteiger partial charge in [0.1, 0.15) is 17.5 Å². The maximum absolute atomic E-state index is 12.2. The van der Waals surface area contributed by atoms with Crippen molar-refractivity contribution in [3.8, 4) is 11.6 Å². The van der Waals surface area contributed by atoms with Gasteiger partial charge in [0.05, 0.1) is 17.8 Å². The van der Waals surface area contributed by atoms with Crippen LogP contribution >= 0.6 is 0 Å². The molecule has 0 spiro atoms. The zero-order valence-electron chi connectivity index (χ0n) is 15.7. The molecule has 1 aliphatic heterocycles. The zero-order valence-corrected chi connectivity index (χ0v) is 15.7. The molecule has 140 valence electrons. The van der Waals surface area contributed by atoms with E-state index >= 15 is 0 Å². The molecule has 2 aromatic rings. The van der Waals surface area contributed by atoms with E-state index in [0.29, 0.717) is 24.8 Å². The maximum Gasteiger partial charge on any atom is 0.410 e. The van der Waals surface area contributed by atoms with E-state index in [9.17, 15) is 4.79 Å². The van der Waals surface area contributed by atoms with Crippen molar-refractivity contribution in [2.45, 2.75) is 45.8 Å². The fourth-order valence-electron chi connectivity index (χ4n) is 2.84. The molecule has 0 radical (unpaired) electrons. The third-order valence-corrected chi connectivity index (χ3v) is 4.20. The minimum absolute atomic E-state index is 0.125. The van der Waals surface area contributed by atoms with Gasteiger partial charge in [-0.25, -0.2) is 9.48 Å². The highest BCUT2D eigenvalue weighted by molar-refractivity contribution is 5.68. The van der Waals surface area contributed by atoms with Crippen LogP contribution in [0.5, 0.6) is 5.88 Å². The molecule has 1 aromatic carbocycles. The molecule has 1 aliphatic rings. The third-order valence-electron chi connectivity index (χ3n) is 4.20. The number of ether oxygens (including phenoxy) is 2. The van der Waals surface area contributed by atoms with E-state index in [0.717, 1.165) is 17.7 Å². The first-order valence-electron chi connectivity index (χ1n) is 8.79. The van der Waals surface area contributed by atoms with E-state index in [4.69, 9.17) is 15.2 Å². The number of amides is 1. The summed E-state index contributed by atoms with van der Waals surface area (Å²) in [6.45, 7) is 8.55. The van der Waals surface area contributed by atoms with Gasteiger partial charge in [0.25, 0.3) is 0 Å². The average molecular weight is 358 g/mol. The lowest BCUT2D eigenvalue weighted by molar-refractivity contribution is 0.0274. The molecule has 7 nitrogen and oxygen atoms in total. The summed E-state index contributed by atoms with van der Waals surface area (Å²) in [6, 6.07) is 9.68. The molecule has 1 atom stereocenters. The predicted molar refractivity (Wildman–Crippen MR) is 99.6 cm³/mol. The number of nitrogen functional groups attached to an aromatic ring is 1. The average Bonchev–Trinajstić information content (AvgIpc) is 3.15. The highest BCUT2D eigenvalue weighted by Gasteiger charge is 2.32. The number of hydrogen-bond donors (Lipinski definition) is 1. The molecule has 1 saturated heterocycles. The molecular weight excluding hydrogens is 332 g/mol. The fraction of sp³-hybridized carbons (Fsp3) is 0.474. The number of nitrogens with zero attached hydrogens (tertiary/aromatic N) is 3. The predicted octanol–water partition coefficient (Wildman–Crippen LogP) is 3.15. The largest absolute Gasteiger partial charge is 0.471 e. The van der Waals surface area contributed by atoms with Crippen molar-refractivity contribution in [2.75, 3.05) is 18.8 Å². The molecule has 0 unspecified atom stereocenters. The molecule has 2 N–H and O–H groups in total. The van der Waals surface area contributed by atoms with Crippen LogP contribution in [0.3, 0.4) is 0 Å². The van der Waals surface area contributed by atoms with Crippen molar-refractivity contribution in [1.82, 2.24) is 14.7 Å². The van der Waals surface area contributed by atoms with Gasteiger partial charge < -0.3 is 20.1 Å². The van der Waals surface area contributed by atoms with E-state index in [2.05, 4.69) is 5.10 Å². The van der Waals surface area contributed by atoms with Crippen molar-refractivity contribution < 1.29 is 14.3 Å². The summed E-state index contributed by atoms with van der Waals surface area (Å²) < 4.78 is 13.1. The number of para-hydroxylation sites is 1. The molecular formula is C19H26N4O3. The quantitative estimate of drug-likeness (QED) is 0.911. The van der Waals surface area contributed by atoms with Crippen molar-refractivity contribution in [1.29, 1.82) is 0 Å². The van der Waals surface area contributed by atoms with Gasteiger partial charge in [-0.3, -0.25) is 0 Å². The Hall–Kier alpha value is -2.70. The highest BCUT2D eigenvalue weighted by atomic mass is 16.6. The number of rotatable bonds is 3. The molecule has 1 aromatic heterocycles. The molecule has 3 rings (SSSR count). The number of likely N-dealkylation sites (tertiary alicyclic amines) is 1. The number of benzene rings is 1. The fourth-order valence-corrected chi connectivity index (χ4v) is 2.84. The van der Waals surface area contributed by atoms with Crippen LogP contribution in [0.4, 0.5) is 10.6 Å². The second-order valence-electron chi connectivity index (χ2n) is 7.52. The van der Waals surface area contributed by atoms with Gasteiger partial charge in [-0.1, -0.05) is 18.2 Å². The summed E-state index contributed by atoms with van der Waals surface area (Å²) in [5, 5.41) is 4.51. The van der Waals surface area contributed by atoms with Gasteiger partial charge >= 0.3 is 6.09 Å². The highest BCUT2D eigenvalue weighted by Crippen LogP contribution is 2.28. The van der Waals surface area contributed by atoms with E-state index in [1.54, 1.807) is 9.58 Å². The summed E-state index contributed by atoms with van der Waals surface area (Å²) in [4.78, 5) is 13.8. The lowest BCUT2D eigenvalue weighted by Crippen LogP contribution is -2.36. The number of hydrogen-bond acceptors (Lipinski definition) is 5. The molecule has 0 saturated carbocycles. The molecule has 1 amide bonds. The van der Waals surface area contributed by atoms with E-state index < -0.39 is 5.60 Å². The lowest BCUT2D eigenvalue weighted by atomic mass is 10.2. The molecule has 1 fully saturated rings. The van der Waals surface area contributed by atoms with Gasteiger partial charge in [-0.2, -0.15) is 0 Å². The van der Waals surface area contributed by atoms with Crippen LogP contribution < -0.4 is 10.5 Å². The Balaban J connectivity index is 1.68. The van der Waals surface area contributed by atoms with E-state index in [-0.39, 0.29) is 12.2 Å². The third kappa shape index (κ3) is 3.92. The Morgan fingerprint density at radius 2 is 1.96 bits per heavy atom. The lowest BCUT2D eigenvalue weighted by Gasteiger charge is -2.24. The van der Waals surface area contributed by atoms with Crippen LogP contribution in [-0.4, -0.2) is 45.6 Å². The summed E-state index contributed by atoms with van der Waals surface area (Å²) in [5.74, 6) is 1.05. The number of carbonyl (C=O) groups is 1. The first-order chi connectivity index (χ1) is 12.2. The van der Waals surface area contributed by atoms with Crippen molar-refractivity contribution in [2.24, 2.45) is 0 Å². The maximum atomic E-state index is 12.2. The first-order valence-corrected chi connectivity index (χ1v) is 8.79. The number of aromatic nitrogens is 2. The van der Waals surface area contributed by atoms with Crippen LogP contribution in [0, 0.1) is 6.92 Å². The topological polar surface area (TPSA) is 82.6 Å². The van der Waals surface area contributed by atoms with Gasteiger partial charge in [0.2, 0.25) is 5.88 Å². The van der Waals surface area contributed by atoms with Crippen LogP contribution in [0.1, 0.15) is 32.8 Å². The Kier molecular flexibility index (Phi) is 4.80. The molecule has 2 heterocycles. The van der Waals surface area contributed by atoms with Crippen molar-refractivity contribution in [3.63, 3.8) is 0 Å². The smallest absolute Gasteiger partial charge is 0.410 e. The van der Waals surface area contributed by atoms with Gasteiger partial charge in [0.15, 0.2) is 0 Å². The van der Waals surface area contributed by atoms with Crippen LogP contribution in [0.2, 0.25) is 0 Å². The molecule has 0 bridgehead atoms. The summed E-state index contributed by atoms with van der Waals surface area (Å²) in [7, 11) is 0.